The minimum atomic E-state index is -1.65. The number of hydrogen-bond acceptors (Lipinski definition) is 16. The minimum absolute atomic E-state index is 0.0312. The topological polar surface area (TPSA) is 306 Å². The van der Waals surface area contributed by atoms with E-state index in [0.717, 1.165) is 12.8 Å². The number of hydrogen-bond donors (Lipinski definition) is 9. The zero-order valence-corrected chi connectivity index (χ0v) is 35.6. The molecular weight excluding hydrogens is 815 g/mol. The summed E-state index contributed by atoms with van der Waals surface area (Å²) in [6.07, 6.45) is 4.66. The summed E-state index contributed by atoms with van der Waals surface area (Å²) < 4.78 is 11.6. The van der Waals surface area contributed by atoms with Crippen LogP contribution in [-0.2, 0) is 47.8 Å². The molecule has 4 fully saturated rings. The Morgan fingerprint density at radius 1 is 0.839 bits per heavy atom. The van der Waals surface area contributed by atoms with Gasteiger partial charge in [0, 0.05) is 90.5 Å². The van der Waals surface area contributed by atoms with E-state index in [1.54, 1.807) is 11.8 Å². The Morgan fingerprint density at radius 3 is 2.23 bits per heavy atom. The van der Waals surface area contributed by atoms with Gasteiger partial charge in [-0.3, -0.25) is 48.2 Å². The van der Waals surface area contributed by atoms with Gasteiger partial charge in [0.15, 0.2) is 0 Å². The number of carbonyl (C=O) groups is 8. The van der Waals surface area contributed by atoms with E-state index < -0.39 is 54.8 Å². The van der Waals surface area contributed by atoms with Gasteiger partial charge in [-0.1, -0.05) is 0 Å². The molecule has 3 aliphatic heterocycles. The molecular formula is C39H65BN8O14. The van der Waals surface area contributed by atoms with E-state index >= 15 is 0 Å². The monoisotopic (exact) mass is 880 g/mol. The van der Waals surface area contributed by atoms with E-state index in [-0.39, 0.29) is 120 Å². The maximum absolute atomic E-state index is 13.6. The third-order valence-electron chi connectivity index (χ3n) is 12.0. The van der Waals surface area contributed by atoms with Crippen molar-refractivity contribution in [3.05, 3.63) is 0 Å². The fourth-order valence-corrected chi connectivity index (χ4v) is 8.48. The molecule has 348 valence electrons. The van der Waals surface area contributed by atoms with E-state index in [9.17, 15) is 53.5 Å². The van der Waals surface area contributed by atoms with Crippen LogP contribution in [0.3, 0.4) is 0 Å². The summed E-state index contributed by atoms with van der Waals surface area (Å²) in [5.74, 6) is -6.84. The molecule has 22 nitrogen and oxygen atoms in total. The number of carboxylic acid groups (broad SMARTS) is 2. The number of carbonyl (C=O) groups excluding carboxylic acids is 6. The standard InChI is InChI=1S/C39H65BN8O14/c1-26(37(57)48-17-3-4-30(48)40(59)60)45-36(56)28-8-6-27(7-9-28)22-44-31(49)5-2-14-43-32(50)11-10-29-38(58)62-39(61-35(55)24-42-16-15-41-23-33(51)52)12-18-46(25-34(53)54)20-21-47(29)19-13-39/h26-30,41-42,59-60H,2-25H2,1H3,(H,43,50)(H,44,49)(H,45,56)(H,51,52)(H,53,54)/t26-,27?,28?,29-,30+,39?/m1/s1. The summed E-state index contributed by atoms with van der Waals surface area (Å²) in [5, 5.41) is 51.4. The second-order valence-corrected chi connectivity index (χ2v) is 16.7. The maximum atomic E-state index is 13.6. The lowest BCUT2D eigenvalue weighted by Crippen LogP contribution is -2.53. The van der Waals surface area contributed by atoms with Crippen LogP contribution in [0.1, 0.15) is 84.0 Å². The molecule has 0 aromatic carbocycles. The van der Waals surface area contributed by atoms with Crippen LogP contribution in [0.5, 0.6) is 0 Å². The molecule has 2 bridgehead atoms. The first-order chi connectivity index (χ1) is 29.6. The summed E-state index contributed by atoms with van der Waals surface area (Å²) >= 11 is 0. The van der Waals surface area contributed by atoms with E-state index in [4.69, 9.17) is 14.6 Å². The van der Waals surface area contributed by atoms with Crippen LogP contribution in [0.25, 0.3) is 0 Å². The minimum Gasteiger partial charge on any atom is -0.480 e. The Hall–Kier alpha value is -4.42. The maximum Gasteiger partial charge on any atom is 0.475 e. The fourth-order valence-electron chi connectivity index (χ4n) is 8.48. The van der Waals surface area contributed by atoms with Crippen molar-refractivity contribution < 1.29 is 68.1 Å². The SMILES string of the molecule is C[C@@H](NC(=O)C1CCC(CNC(=O)CCCNC(=O)CC[C@@H]2C(=O)OC3(OC(=O)CNCCNCC(=O)O)CCN(CC(=O)O)CCN2CC3)CC1)C(=O)N1CCC[C@H]1B(O)O. The van der Waals surface area contributed by atoms with Gasteiger partial charge in [0.2, 0.25) is 23.6 Å². The number of aliphatic carboxylic acids is 2. The molecule has 3 heterocycles. The Balaban J connectivity index is 1.14. The molecule has 3 saturated heterocycles. The lowest BCUT2D eigenvalue weighted by Gasteiger charge is -2.34. The molecule has 62 heavy (non-hydrogen) atoms. The normalized spacial score (nSPS) is 25.8. The summed E-state index contributed by atoms with van der Waals surface area (Å²) in [5.41, 5.74) is 0. The van der Waals surface area contributed by atoms with Gasteiger partial charge < -0.3 is 61.2 Å². The predicted octanol–water partition coefficient (Wildman–Crippen LogP) is -3.00. The largest absolute Gasteiger partial charge is 0.480 e. The molecule has 1 aliphatic carbocycles. The lowest BCUT2D eigenvalue weighted by molar-refractivity contribution is -0.231. The van der Waals surface area contributed by atoms with Gasteiger partial charge in [-0.05, 0) is 64.2 Å². The van der Waals surface area contributed by atoms with Crippen LogP contribution in [0.4, 0.5) is 0 Å². The summed E-state index contributed by atoms with van der Waals surface area (Å²) in [4.78, 5) is 105. The molecule has 0 radical (unpaired) electrons. The van der Waals surface area contributed by atoms with Crippen LogP contribution in [0.15, 0.2) is 0 Å². The molecule has 9 N–H and O–H groups in total. The van der Waals surface area contributed by atoms with Gasteiger partial charge >= 0.3 is 31.0 Å². The zero-order chi connectivity index (χ0) is 45.2. The van der Waals surface area contributed by atoms with Gasteiger partial charge in [0.25, 0.3) is 5.79 Å². The van der Waals surface area contributed by atoms with E-state index in [2.05, 4.69) is 26.6 Å². The molecule has 1 saturated carbocycles. The molecule has 23 heteroatoms. The van der Waals surface area contributed by atoms with Crippen molar-refractivity contribution >= 4 is 54.6 Å². The number of esters is 2. The molecule has 4 amide bonds. The fraction of sp³-hybridized carbons (Fsp3) is 0.795. The van der Waals surface area contributed by atoms with Crippen LogP contribution >= 0.6 is 0 Å². The molecule has 5 atom stereocenters. The van der Waals surface area contributed by atoms with Gasteiger partial charge in [0.1, 0.15) is 12.1 Å². The van der Waals surface area contributed by atoms with Crippen molar-refractivity contribution in [1.29, 1.82) is 0 Å². The third-order valence-corrected chi connectivity index (χ3v) is 12.0. The zero-order valence-electron chi connectivity index (χ0n) is 35.6. The second-order valence-electron chi connectivity index (χ2n) is 16.7. The molecule has 2 unspecified atom stereocenters. The van der Waals surface area contributed by atoms with Crippen LogP contribution in [0, 0.1) is 11.8 Å². The van der Waals surface area contributed by atoms with Crippen molar-refractivity contribution in [1.82, 2.24) is 41.3 Å². The summed E-state index contributed by atoms with van der Waals surface area (Å²) in [6.45, 7) is 3.63. The average molecular weight is 881 g/mol. The lowest BCUT2D eigenvalue weighted by atomic mass is 9.77. The van der Waals surface area contributed by atoms with Gasteiger partial charge in [-0.15, -0.1) is 0 Å². The Labute approximate surface area is 361 Å². The number of nitrogens with one attached hydrogen (secondary N) is 5. The second kappa shape index (κ2) is 25.0. The van der Waals surface area contributed by atoms with E-state index in [1.165, 1.54) is 4.90 Å². The van der Waals surface area contributed by atoms with Crippen LogP contribution in [0.2, 0.25) is 0 Å². The highest BCUT2D eigenvalue weighted by Gasteiger charge is 2.46. The van der Waals surface area contributed by atoms with Crippen molar-refractivity contribution in [3.8, 4) is 0 Å². The van der Waals surface area contributed by atoms with Crippen molar-refractivity contribution in [3.63, 3.8) is 0 Å². The average Bonchev–Trinajstić information content (AvgIpc) is 3.70. The Kier molecular flexibility index (Phi) is 20.3. The van der Waals surface area contributed by atoms with Gasteiger partial charge in [-0.2, -0.15) is 0 Å². The first kappa shape index (κ1) is 50.2. The number of likely N-dealkylation sites (tertiary alicyclic amines) is 1. The predicted molar refractivity (Wildman–Crippen MR) is 219 cm³/mol. The molecule has 0 aromatic rings. The molecule has 4 aliphatic rings. The summed E-state index contributed by atoms with van der Waals surface area (Å²) in [6, 6.07) is -1.64. The molecule has 4 rings (SSSR count). The molecule has 0 spiro atoms. The Morgan fingerprint density at radius 2 is 1.53 bits per heavy atom. The van der Waals surface area contributed by atoms with Gasteiger partial charge in [0.05, 0.1) is 25.6 Å². The Bertz CT molecular complexity index is 1570. The first-order valence-electron chi connectivity index (χ1n) is 21.8. The van der Waals surface area contributed by atoms with Gasteiger partial charge in [-0.25, -0.2) is 0 Å². The number of carboxylic acids is 2. The first-order valence-corrected chi connectivity index (χ1v) is 21.8. The van der Waals surface area contributed by atoms with E-state index in [1.807, 2.05) is 4.90 Å². The van der Waals surface area contributed by atoms with Crippen LogP contribution < -0.4 is 26.6 Å². The molecule has 0 aromatic heterocycles. The number of amides is 4. The highest BCUT2D eigenvalue weighted by molar-refractivity contribution is 6.43. The number of nitrogens with zero attached hydrogens (tertiary/aromatic N) is 3. The van der Waals surface area contributed by atoms with Crippen molar-refractivity contribution in [2.24, 2.45) is 11.8 Å². The van der Waals surface area contributed by atoms with Crippen molar-refractivity contribution in [2.75, 3.05) is 78.5 Å². The third kappa shape index (κ3) is 16.4. The quantitative estimate of drug-likeness (QED) is 0.0281. The van der Waals surface area contributed by atoms with E-state index in [0.29, 0.717) is 58.3 Å². The highest BCUT2D eigenvalue weighted by Crippen LogP contribution is 2.32. The number of ether oxygens (including phenoxy) is 2. The van der Waals surface area contributed by atoms with Crippen molar-refractivity contribution in [2.45, 2.75) is 108 Å². The van der Waals surface area contributed by atoms with Crippen LogP contribution in [-0.4, -0.2) is 192 Å². The number of fused-ring (bicyclic) bond motifs is 3. The smallest absolute Gasteiger partial charge is 0.475 e. The summed E-state index contributed by atoms with van der Waals surface area (Å²) in [7, 11) is -1.62. The highest BCUT2D eigenvalue weighted by atomic mass is 16.7. The number of rotatable bonds is 23.